The van der Waals surface area contributed by atoms with Crippen molar-refractivity contribution in [3.63, 3.8) is 0 Å². The molecule has 1 atom stereocenters. The number of aromatic nitrogens is 2. The summed E-state index contributed by atoms with van der Waals surface area (Å²) in [7, 11) is 1.65. The molecule has 1 aromatic heterocycles. The smallest absolute Gasteiger partial charge is 0.275 e. The Labute approximate surface area is 214 Å². The van der Waals surface area contributed by atoms with Gasteiger partial charge in [0.25, 0.3) is 11.8 Å². The second kappa shape index (κ2) is 9.01. The van der Waals surface area contributed by atoms with E-state index in [1.54, 1.807) is 43.8 Å². The summed E-state index contributed by atoms with van der Waals surface area (Å²) in [6.07, 6.45) is 0. The number of aliphatic hydroxyl groups is 1. The van der Waals surface area contributed by atoms with Crippen molar-refractivity contribution in [1.29, 1.82) is 0 Å². The van der Waals surface area contributed by atoms with Gasteiger partial charge in [-0.15, -0.1) is 0 Å². The molecule has 9 heteroatoms. The molecule has 0 aliphatic carbocycles. The SMILES string of the molecule is CN1C(=O)[C@@H](N2Cc3c(nn(Cc4ccccc4)c3Cl)C2=O)COc2cc(C#CC(C)(C)O)ccc21. The van der Waals surface area contributed by atoms with Crippen LogP contribution in [0.3, 0.4) is 0 Å². The second-order valence-electron chi connectivity index (χ2n) is 9.41. The molecule has 0 unspecified atom stereocenters. The van der Waals surface area contributed by atoms with Gasteiger partial charge in [-0.2, -0.15) is 5.10 Å². The second-order valence-corrected chi connectivity index (χ2v) is 9.77. The van der Waals surface area contributed by atoms with E-state index in [1.165, 1.54) is 9.80 Å². The quantitative estimate of drug-likeness (QED) is 0.554. The Morgan fingerprint density at radius 2 is 1.94 bits per heavy atom. The standard InChI is InChI=1S/C27H25ClN4O4/c1-27(2,35)12-11-17-9-10-20-22(13-17)36-16-21(25(33)30(20)3)31-15-19-23(26(31)34)29-32(24(19)28)14-18-7-5-4-6-8-18/h4-10,13,21,35H,14-16H2,1-3H3/t21-/m0/s1. The molecule has 0 saturated carbocycles. The molecule has 0 bridgehead atoms. The van der Waals surface area contributed by atoms with Crippen molar-refractivity contribution in [2.45, 2.75) is 38.6 Å². The van der Waals surface area contributed by atoms with E-state index in [0.717, 1.165) is 5.56 Å². The highest BCUT2D eigenvalue weighted by molar-refractivity contribution is 6.31. The van der Waals surface area contributed by atoms with Gasteiger partial charge in [-0.3, -0.25) is 9.59 Å². The van der Waals surface area contributed by atoms with Crippen LogP contribution in [0.2, 0.25) is 5.15 Å². The number of hydrogen-bond donors (Lipinski definition) is 1. The zero-order valence-electron chi connectivity index (χ0n) is 20.2. The van der Waals surface area contributed by atoms with Crippen molar-refractivity contribution in [3.05, 3.63) is 76.1 Å². The molecule has 3 aromatic rings. The maximum atomic E-state index is 13.4. The Morgan fingerprint density at radius 1 is 1.19 bits per heavy atom. The third kappa shape index (κ3) is 4.43. The van der Waals surface area contributed by atoms with Crippen LogP contribution >= 0.6 is 11.6 Å². The van der Waals surface area contributed by atoms with E-state index in [0.29, 0.717) is 34.3 Å². The van der Waals surface area contributed by atoms with Crippen molar-refractivity contribution >= 4 is 29.1 Å². The maximum Gasteiger partial charge on any atom is 0.275 e. The minimum Gasteiger partial charge on any atom is -0.489 e. The van der Waals surface area contributed by atoms with E-state index >= 15 is 0 Å². The van der Waals surface area contributed by atoms with Crippen LogP contribution in [-0.4, -0.2) is 56.9 Å². The third-order valence-electron chi connectivity index (χ3n) is 6.17. The van der Waals surface area contributed by atoms with Crippen molar-refractivity contribution < 1.29 is 19.4 Å². The Hall–Kier alpha value is -3.80. The minimum absolute atomic E-state index is 0.0177. The first-order valence-corrected chi connectivity index (χ1v) is 11.9. The normalized spacial score (nSPS) is 17.2. The molecule has 184 valence electrons. The van der Waals surface area contributed by atoms with Crippen LogP contribution in [-0.2, 0) is 17.9 Å². The van der Waals surface area contributed by atoms with E-state index < -0.39 is 11.6 Å². The Bertz CT molecular complexity index is 1420. The van der Waals surface area contributed by atoms with Gasteiger partial charge in [0.2, 0.25) is 0 Å². The first-order chi connectivity index (χ1) is 17.1. The fraction of sp³-hybridized carbons (Fsp3) is 0.296. The lowest BCUT2D eigenvalue weighted by atomic mass is 10.1. The number of carbonyl (C=O) groups is 2. The van der Waals surface area contributed by atoms with E-state index in [-0.39, 0.29) is 30.7 Å². The largest absolute Gasteiger partial charge is 0.489 e. The van der Waals surface area contributed by atoms with Gasteiger partial charge in [0.1, 0.15) is 29.2 Å². The number of rotatable bonds is 3. The van der Waals surface area contributed by atoms with Crippen LogP contribution < -0.4 is 9.64 Å². The molecule has 3 heterocycles. The van der Waals surface area contributed by atoms with Gasteiger partial charge in [0, 0.05) is 18.2 Å². The first kappa shape index (κ1) is 23.9. The number of likely N-dealkylation sites (N-methyl/N-ethyl adjacent to an activating group) is 1. The monoisotopic (exact) mass is 504 g/mol. The molecule has 2 aliphatic heterocycles. The van der Waals surface area contributed by atoms with Crippen molar-refractivity contribution in [1.82, 2.24) is 14.7 Å². The average molecular weight is 505 g/mol. The van der Waals surface area contributed by atoms with Crippen LogP contribution in [0.25, 0.3) is 0 Å². The highest BCUT2D eigenvalue weighted by atomic mass is 35.5. The number of halogens is 1. The molecule has 1 N–H and O–H groups in total. The van der Waals surface area contributed by atoms with E-state index in [4.69, 9.17) is 16.3 Å². The molecule has 0 radical (unpaired) electrons. The van der Waals surface area contributed by atoms with Crippen LogP contribution in [0.5, 0.6) is 5.75 Å². The van der Waals surface area contributed by atoms with Crippen LogP contribution in [0.4, 0.5) is 5.69 Å². The number of amides is 2. The summed E-state index contributed by atoms with van der Waals surface area (Å²) in [5.74, 6) is 5.55. The molecule has 36 heavy (non-hydrogen) atoms. The lowest BCUT2D eigenvalue weighted by Gasteiger charge is -2.27. The van der Waals surface area contributed by atoms with Gasteiger partial charge >= 0.3 is 0 Å². The van der Waals surface area contributed by atoms with Gasteiger partial charge < -0.3 is 19.6 Å². The zero-order valence-corrected chi connectivity index (χ0v) is 20.9. The van der Waals surface area contributed by atoms with Crippen molar-refractivity contribution in [2.24, 2.45) is 0 Å². The summed E-state index contributed by atoms with van der Waals surface area (Å²) in [6, 6.07) is 14.1. The number of nitrogens with zero attached hydrogens (tertiary/aromatic N) is 4. The molecular formula is C27H25ClN4O4. The number of carbonyl (C=O) groups excluding carboxylic acids is 2. The average Bonchev–Trinajstić information content (AvgIpc) is 3.29. The molecule has 2 aromatic carbocycles. The van der Waals surface area contributed by atoms with Crippen LogP contribution in [0, 0.1) is 11.8 Å². The minimum atomic E-state index is -1.13. The Kier molecular flexibility index (Phi) is 5.99. The highest BCUT2D eigenvalue weighted by Gasteiger charge is 2.43. The maximum absolute atomic E-state index is 13.4. The van der Waals surface area contributed by atoms with Crippen LogP contribution in [0.1, 0.15) is 41.0 Å². The number of fused-ring (bicyclic) bond motifs is 2. The van der Waals surface area contributed by atoms with E-state index in [2.05, 4.69) is 16.9 Å². The van der Waals surface area contributed by atoms with Crippen molar-refractivity contribution in [3.8, 4) is 17.6 Å². The molecule has 2 aliphatic rings. The first-order valence-electron chi connectivity index (χ1n) is 11.5. The van der Waals surface area contributed by atoms with Gasteiger partial charge in [0.15, 0.2) is 5.69 Å². The molecule has 0 spiro atoms. The van der Waals surface area contributed by atoms with Crippen LogP contribution in [0.15, 0.2) is 48.5 Å². The number of ether oxygens (including phenoxy) is 1. The molecule has 0 fully saturated rings. The summed E-state index contributed by atoms with van der Waals surface area (Å²) < 4.78 is 7.61. The highest BCUT2D eigenvalue weighted by Crippen LogP contribution is 2.35. The molecule has 0 saturated heterocycles. The molecule has 8 nitrogen and oxygen atoms in total. The van der Waals surface area contributed by atoms with Gasteiger partial charge in [-0.05, 0) is 37.6 Å². The zero-order chi connectivity index (χ0) is 25.6. The number of benzene rings is 2. The summed E-state index contributed by atoms with van der Waals surface area (Å²) in [5, 5.41) is 14.7. The predicted molar refractivity (Wildman–Crippen MR) is 135 cm³/mol. The summed E-state index contributed by atoms with van der Waals surface area (Å²) in [5.41, 5.74) is 1.98. The van der Waals surface area contributed by atoms with E-state index in [9.17, 15) is 14.7 Å². The number of hydrogen-bond acceptors (Lipinski definition) is 5. The fourth-order valence-electron chi connectivity index (χ4n) is 4.30. The lowest BCUT2D eigenvalue weighted by Crippen LogP contribution is -2.49. The molecular weight excluding hydrogens is 480 g/mol. The topological polar surface area (TPSA) is 87.9 Å². The predicted octanol–water partition coefficient (Wildman–Crippen LogP) is 3.09. The summed E-state index contributed by atoms with van der Waals surface area (Å²) >= 11 is 6.60. The van der Waals surface area contributed by atoms with Gasteiger partial charge in [-0.1, -0.05) is 53.8 Å². The fourth-order valence-corrected chi connectivity index (χ4v) is 4.54. The third-order valence-corrected chi connectivity index (χ3v) is 6.59. The Morgan fingerprint density at radius 3 is 2.64 bits per heavy atom. The van der Waals surface area contributed by atoms with Gasteiger partial charge in [0.05, 0.1) is 18.8 Å². The summed E-state index contributed by atoms with van der Waals surface area (Å²) in [4.78, 5) is 29.6. The lowest BCUT2D eigenvalue weighted by molar-refractivity contribution is -0.123. The van der Waals surface area contributed by atoms with Crippen molar-refractivity contribution in [2.75, 3.05) is 18.6 Å². The number of anilines is 1. The van der Waals surface area contributed by atoms with E-state index in [1.807, 2.05) is 30.3 Å². The molecule has 5 rings (SSSR count). The Balaban J connectivity index is 1.37. The summed E-state index contributed by atoms with van der Waals surface area (Å²) in [6.45, 7) is 3.81. The van der Waals surface area contributed by atoms with Gasteiger partial charge in [-0.25, -0.2) is 4.68 Å². The molecule has 2 amide bonds.